The van der Waals surface area contributed by atoms with E-state index in [1.807, 2.05) is 24.4 Å². The highest BCUT2D eigenvalue weighted by Gasteiger charge is 2.27. The highest BCUT2D eigenvalue weighted by molar-refractivity contribution is 5.97. The Labute approximate surface area is 164 Å². The molecule has 1 heterocycles. The summed E-state index contributed by atoms with van der Waals surface area (Å²) in [5.41, 5.74) is 4.36. The van der Waals surface area contributed by atoms with Gasteiger partial charge in [-0.05, 0) is 46.9 Å². The number of phenolic OH excluding ortho intramolecular Hbond substituents is 1. The smallest absolute Gasteiger partial charge is 0.168 e. The lowest BCUT2D eigenvalue weighted by Gasteiger charge is -2.28. The monoisotopic (exact) mass is 369 g/mol. The lowest BCUT2D eigenvalue weighted by Crippen LogP contribution is -2.18. The molecule has 0 bridgehead atoms. The van der Waals surface area contributed by atoms with Gasteiger partial charge in [0.05, 0.1) is 0 Å². The van der Waals surface area contributed by atoms with Crippen molar-refractivity contribution in [2.24, 2.45) is 0 Å². The number of ketones is 1. The van der Waals surface area contributed by atoms with Gasteiger partial charge < -0.3 is 9.67 Å². The van der Waals surface area contributed by atoms with Crippen LogP contribution in [0.2, 0.25) is 0 Å². The summed E-state index contributed by atoms with van der Waals surface area (Å²) < 4.78 is 2.14. The first-order chi connectivity index (χ1) is 12.4. The molecule has 0 aliphatic heterocycles. The molecule has 0 aliphatic rings. The Kier molecular flexibility index (Phi) is 5.94. The third-order valence-electron chi connectivity index (χ3n) is 5.16. The van der Waals surface area contributed by atoms with Crippen molar-refractivity contribution in [2.75, 3.05) is 0 Å². The lowest BCUT2D eigenvalue weighted by atomic mass is 9.78. The topological polar surface area (TPSA) is 42.2 Å². The Morgan fingerprint density at radius 1 is 0.963 bits per heavy atom. The number of nitrogens with zero attached hydrogens (tertiary/aromatic N) is 1. The highest BCUT2D eigenvalue weighted by atomic mass is 16.3. The van der Waals surface area contributed by atoms with E-state index in [9.17, 15) is 9.90 Å². The summed E-state index contributed by atoms with van der Waals surface area (Å²) in [6, 6.07) is 6.02. The second kappa shape index (κ2) is 7.53. The molecule has 27 heavy (non-hydrogen) atoms. The van der Waals surface area contributed by atoms with E-state index in [0.717, 1.165) is 35.2 Å². The average molecular weight is 370 g/mol. The minimum Gasteiger partial charge on any atom is -0.507 e. The minimum absolute atomic E-state index is 0.127. The zero-order valence-electron chi connectivity index (χ0n) is 18.2. The van der Waals surface area contributed by atoms with Gasteiger partial charge in [0, 0.05) is 30.4 Å². The first kappa shape index (κ1) is 21.3. The molecular weight excluding hydrogens is 334 g/mol. The maximum Gasteiger partial charge on any atom is 0.168 e. The van der Waals surface area contributed by atoms with Crippen molar-refractivity contribution in [2.45, 2.75) is 85.6 Å². The third-order valence-corrected chi connectivity index (χ3v) is 5.16. The van der Waals surface area contributed by atoms with Crippen LogP contribution in [0.3, 0.4) is 0 Å². The maximum atomic E-state index is 12.9. The van der Waals surface area contributed by atoms with Crippen molar-refractivity contribution >= 4 is 5.78 Å². The fraction of sp³-hybridized carbons (Fsp3) is 0.542. The molecule has 0 fully saturated rings. The predicted octanol–water partition coefficient (Wildman–Crippen LogP) is 5.80. The molecule has 0 radical (unpaired) electrons. The van der Waals surface area contributed by atoms with E-state index in [4.69, 9.17) is 0 Å². The molecule has 0 saturated carbocycles. The SMILES string of the molecule is CCc1cc(C(=O)Cc2cc(C(C)(C)C)c(O)c(C(C)(C)C)c2)cn1CC. The molecule has 0 unspecified atom stereocenters. The van der Waals surface area contributed by atoms with E-state index in [1.165, 1.54) is 5.69 Å². The Morgan fingerprint density at radius 3 is 1.85 bits per heavy atom. The number of carbonyl (C=O) groups is 1. The van der Waals surface area contributed by atoms with E-state index in [0.29, 0.717) is 12.2 Å². The number of aromatic hydroxyl groups is 1. The summed E-state index contributed by atoms with van der Waals surface area (Å²) in [7, 11) is 0. The number of hydrogen-bond acceptors (Lipinski definition) is 2. The summed E-state index contributed by atoms with van der Waals surface area (Å²) in [4.78, 5) is 12.9. The van der Waals surface area contributed by atoms with Gasteiger partial charge in [-0.1, -0.05) is 60.6 Å². The molecule has 148 valence electrons. The quantitative estimate of drug-likeness (QED) is 0.677. The zero-order valence-corrected chi connectivity index (χ0v) is 18.2. The standard InChI is InChI=1S/C24H35NO2/c1-9-18-14-17(15-25(18)10-2)21(26)13-16-11-19(23(3,4)5)22(27)20(12-16)24(6,7)8/h11-12,14-15,27H,9-10,13H2,1-8H3. The van der Waals surface area contributed by atoms with Gasteiger partial charge in [0.2, 0.25) is 0 Å². The predicted molar refractivity (Wildman–Crippen MR) is 113 cm³/mol. The summed E-state index contributed by atoms with van der Waals surface area (Å²) in [6.45, 7) is 17.6. The van der Waals surface area contributed by atoms with Gasteiger partial charge in [0.1, 0.15) is 5.75 Å². The van der Waals surface area contributed by atoms with E-state index < -0.39 is 0 Å². The van der Waals surface area contributed by atoms with Gasteiger partial charge in [-0.25, -0.2) is 0 Å². The summed E-state index contributed by atoms with van der Waals surface area (Å²) in [6.07, 6.45) is 3.24. The zero-order chi connectivity index (χ0) is 20.6. The van der Waals surface area contributed by atoms with E-state index in [-0.39, 0.29) is 16.6 Å². The van der Waals surface area contributed by atoms with Crippen molar-refractivity contribution < 1.29 is 9.90 Å². The Balaban J connectivity index is 2.46. The highest BCUT2D eigenvalue weighted by Crippen LogP contribution is 2.40. The molecule has 0 spiro atoms. The van der Waals surface area contributed by atoms with Crippen molar-refractivity contribution in [3.63, 3.8) is 0 Å². The molecule has 0 aliphatic carbocycles. The van der Waals surface area contributed by atoms with Crippen LogP contribution in [-0.2, 0) is 30.2 Å². The fourth-order valence-corrected chi connectivity index (χ4v) is 3.53. The first-order valence-electron chi connectivity index (χ1n) is 9.97. The van der Waals surface area contributed by atoms with Crippen molar-refractivity contribution in [3.05, 3.63) is 52.3 Å². The third kappa shape index (κ3) is 4.63. The van der Waals surface area contributed by atoms with Gasteiger partial charge in [0.15, 0.2) is 5.78 Å². The summed E-state index contributed by atoms with van der Waals surface area (Å²) in [5.74, 6) is 0.485. The molecule has 1 aromatic heterocycles. The van der Waals surface area contributed by atoms with Crippen LogP contribution >= 0.6 is 0 Å². The first-order valence-corrected chi connectivity index (χ1v) is 9.97. The number of aromatic nitrogens is 1. The second-order valence-corrected chi connectivity index (χ2v) is 9.50. The van der Waals surface area contributed by atoms with E-state index in [2.05, 4.69) is 60.0 Å². The molecule has 0 atom stereocenters. The van der Waals surface area contributed by atoms with Crippen LogP contribution in [0.5, 0.6) is 5.75 Å². The number of benzene rings is 1. The Morgan fingerprint density at radius 2 is 1.48 bits per heavy atom. The van der Waals surface area contributed by atoms with Gasteiger partial charge in [0.25, 0.3) is 0 Å². The average Bonchev–Trinajstić information content (AvgIpc) is 2.97. The van der Waals surface area contributed by atoms with E-state index in [1.54, 1.807) is 0 Å². The number of rotatable bonds is 5. The molecule has 1 N–H and O–H groups in total. The number of aryl methyl sites for hydroxylation is 2. The van der Waals surface area contributed by atoms with Crippen molar-refractivity contribution in [3.8, 4) is 5.75 Å². The van der Waals surface area contributed by atoms with Gasteiger partial charge in [-0.2, -0.15) is 0 Å². The van der Waals surface area contributed by atoms with Crippen LogP contribution in [0.4, 0.5) is 0 Å². The lowest BCUT2D eigenvalue weighted by molar-refractivity contribution is 0.0992. The Hall–Kier alpha value is -2.03. The minimum atomic E-state index is -0.190. The largest absolute Gasteiger partial charge is 0.507 e. The van der Waals surface area contributed by atoms with Crippen LogP contribution in [0.15, 0.2) is 24.4 Å². The number of phenols is 1. The van der Waals surface area contributed by atoms with Crippen LogP contribution in [0.25, 0.3) is 0 Å². The summed E-state index contributed by atoms with van der Waals surface area (Å²) >= 11 is 0. The number of carbonyl (C=O) groups excluding carboxylic acids is 1. The molecule has 0 amide bonds. The molecule has 3 heteroatoms. The molecule has 2 rings (SSSR count). The van der Waals surface area contributed by atoms with Gasteiger partial charge in [-0.3, -0.25) is 4.79 Å². The number of Topliss-reactive ketones (excluding diaryl/α,β-unsaturated/α-hetero) is 1. The fourth-order valence-electron chi connectivity index (χ4n) is 3.53. The molecule has 3 nitrogen and oxygen atoms in total. The van der Waals surface area contributed by atoms with Gasteiger partial charge >= 0.3 is 0 Å². The second-order valence-electron chi connectivity index (χ2n) is 9.50. The van der Waals surface area contributed by atoms with Crippen LogP contribution in [0.1, 0.15) is 88.1 Å². The van der Waals surface area contributed by atoms with Crippen LogP contribution in [-0.4, -0.2) is 15.5 Å². The molecule has 1 aromatic carbocycles. The molecule has 0 saturated heterocycles. The molecular formula is C24H35NO2. The van der Waals surface area contributed by atoms with Crippen LogP contribution in [0, 0.1) is 0 Å². The van der Waals surface area contributed by atoms with Crippen molar-refractivity contribution in [1.29, 1.82) is 0 Å². The Bertz CT molecular complexity index is 773. The normalized spacial score (nSPS) is 12.4. The van der Waals surface area contributed by atoms with Crippen molar-refractivity contribution in [1.82, 2.24) is 4.57 Å². The summed E-state index contributed by atoms with van der Waals surface area (Å²) in [5, 5.41) is 10.9. The van der Waals surface area contributed by atoms with Crippen LogP contribution < -0.4 is 0 Å². The molecule has 2 aromatic rings. The van der Waals surface area contributed by atoms with E-state index >= 15 is 0 Å². The maximum absolute atomic E-state index is 12.9. The number of hydrogen-bond donors (Lipinski definition) is 1. The van der Waals surface area contributed by atoms with Gasteiger partial charge in [-0.15, -0.1) is 0 Å².